The van der Waals surface area contributed by atoms with Crippen molar-refractivity contribution in [3.05, 3.63) is 40.8 Å². The van der Waals surface area contributed by atoms with Gasteiger partial charge in [-0.3, -0.25) is 0 Å². The maximum absolute atomic E-state index is 9.18. The van der Waals surface area contributed by atoms with E-state index in [2.05, 4.69) is 31.7 Å². The average molecular weight is 437 g/mol. The van der Waals surface area contributed by atoms with Crippen LogP contribution in [0.4, 0.5) is 0 Å². The van der Waals surface area contributed by atoms with E-state index < -0.39 is 0 Å². The Labute approximate surface area is 170 Å². The molecule has 130 valence electrons. The number of nitrogens with zero attached hydrogens (tertiary/aromatic N) is 6. The minimum absolute atomic E-state index is 0.230. The van der Waals surface area contributed by atoms with E-state index in [1.807, 2.05) is 29.8 Å². The Morgan fingerprint density at radius 2 is 2.15 bits per heavy atom. The normalized spacial score (nSPS) is 11.1. The van der Waals surface area contributed by atoms with Crippen molar-refractivity contribution in [1.29, 1.82) is 5.26 Å². The van der Waals surface area contributed by atoms with Crippen molar-refractivity contribution in [2.75, 3.05) is 0 Å². The quantitative estimate of drug-likeness (QED) is 0.413. The van der Waals surface area contributed by atoms with Crippen molar-refractivity contribution in [3.8, 4) is 6.07 Å². The lowest BCUT2D eigenvalue weighted by molar-refractivity contribution is 0.762. The van der Waals surface area contributed by atoms with E-state index >= 15 is 0 Å². The van der Waals surface area contributed by atoms with Crippen LogP contribution in [0.2, 0.25) is 5.15 Å². The molecule has 0 N–H and O–H groups in total. The second-order valence-corrected chi connectivity index (χ2v) is 9.66. The highest BCUT2D eigenvalue weighted by atomic mass is 35.5. The third-order valence-corrected chi connectivity index (χ3v) is 8.03. The van der Waals surface area contributed by atoms with Crippen LogP contribution < -0.4 is 0 Å². The maximum atomic E-state index is 9.18. The van der Waals surface area contributed by atoms with Crippen LogP contribution in [-0.2, 0) is 12.8 Å². The number of hydrogen-bond donors (Lipinski definition) is 0. The smallest absolute Gasteiger partial charge is 0.196 e. The predicted octanol–water partition coefficient (Wildman–Crippen LogP) is 4.85. The molecule has 4 rings (SSSR count). The van der Waals surface area contributed by atoms with Gasteiger partial charge >= 0.3 is 0 Å². The molecule has 0 fully saturated rings. The van der Waals surface area contributed by atoms with Gasteiger partial charge in [0.1, 0.15) is 21.7 Å². The molecule has 0 unspecified atom stereocenters. The van der Waals surface area contributed by atoms with Gasteiger partial charge in [-0.15, -0.1) is 21.5 Å². The zero-order valence-electron chi connectivity index (χ0n) is 13.2. The molecule has 4 aromatic rings. The number of aromatic nitrogens is 5. The Balaban J connectivity index is 1.49. The number of rotatable bonds is 5. The number of fused-ring (bicyclic) bond motifs is 1. The van der Waals surface area contributed by atoms with E-state index in [0.717, 1.165) is 19.9 Å². The molecule has 0 aliphatic rings. The highest BCUT2D eigenvalue weighted by molar-refractivity contribution is 8.01. The van der Waals surface area contributed by atoms with E-state index in [0.29, 0.717) is 16.5 Å². The average Bonchev–Trinajstić information content (AvgIpc) is 3.31. The summed E-state index contributed by atoms with van der Waals surface area (Å²) in [6.45, 7) is 0. The van der Waals surface area contributed by atoms with Crippen LogP contribution in [0.3, 0.4) is 0 Å². The van der Waals surface area contributed by atoms with Gasteiger partial charge in [0.15, 0.2) is 14.6 Å². The standard InChI is InChI=1S/C15H9ClN6S4/c1-22-11(7-23-15-18-9-4-2-3-5-10(9)24-15)19-20-14(22)25-13-8(6-17)12(16)21-26-13/h2-5H,7H2,1H3. The molecule has 0 bridgehead atoms. The second-order valence-electron chi connectivity index (χ2n) is 5.04. The molecular formula is C15H9ClN6S4. The molecule has 11 heteroatoms. The molecule has 26 heavy (non-hydrogen) atoms. The molecule has 3 heterocycles. The topological polar surface area (TPSA) is 80.3 Å². The molecule has 0 radical (unpaired) electrons. The lowest BCUT2D eigenvalue weighted by Crippen LogP contribution is -1.97. The van der Waals surface area contributed by atoms with Gasteiger partial charge in [0.05, 0.1) is 16.0 Å². The van der Waals surface area contributed by atoms with E-state index in [4.69, 9.17) is 11.6 Å². The number of nitriles is 1. The fourth-order valence-electron chi connectivity index (χ4n) is 2.10. The zero-order valence-corrected chi connectivity index (χ0v) is 17.2. The molecule has 0 spiro atoms. The Hall–Kier alpha value is -1.64. The first-order chi connectivity index (χ1) is 12.7. The van der Waals surface area contributed by atoms with Crippen molar-refractivity contribution in [2.45, 2.75) is 19.5 Å². The molecule has 0 saturated carbocycles. The summed E-state index contributed by atoms with van der Waals surface area (Å²) in [6.07, 6.45) is 0. The number of thiazole rings is 1. The molecule has 0 atom stereocenters. The fraction of sp³-hybridized carbons (Fsp3) is 0.133. The van der Waals surface area contributed by atoms with Crippen molar-refractivity contribution in [3.63, 3.8) is 0 Å². The number of halogens is 1. The number of hydrogen-bond acceptors (Lipinski definition) is 9. The van der Waals surface area contributed by atoms with Crippen molar-refractivity contribution in [1.82, 2.24) is 24.1 Å². The van der Waals surface area contributed by atoms with Crippen LogP contribution in [0.1, 0.15) is 11.4 Å². The molecule has 0 aliphatic heterocycles. The Kier molecular flexibility index (Phi) is 5.15. The largest absolute Gasteiger partial charge is 0.308 e. The molecule has 6 nitrogen and oxygen atoms in total. The van der Waals surface area contributed by atoms with Crippen molar-refractivity contribution < 1.29 is 0 Å². The highest BCUT2D eigenvalue weighted by Crippen LogP contribution is 2.36. The summed E-state index contributed by atoms with van der Waals surface area (Å²) >= 11 is 11.8. The van der Waals surface area contributed by atoms with E-state index in [9.17, 15) is 5.26 Å². The van der Waals surface area contributed by atoms with Gasteiger partial charge in [-0.05, 0) is 35.4 Å². The SMILES string of the molecule is Cn1c(CSc2nc3ccccc3s2)nnc1Sc1snc(Cl)c1C#N. The minimum atomic E-state index is 0.230. The van der Waals surface area contributed by atoms with E-state index in [-0.39, 0.29) is 5.15 Å². The Bertz CT molecular complexity index is 1090. The van der Waals surface area contributed by atoms with Crippen LogP contribution in [-0.4, -0.2) is 24.1 Å². The zero-order chi connectivity index (χ0) is 18.1. The van der Waals surface area contributed by atoms with Gasteiger partial charge in [0.2, 0.25) is 0 Å². The summed E-state index contributed by atoms with van der Waals surface area (Å²) in [4.78, 5) is 4.62. The van der Waals surface area contributed by atoms with Crippen LogP contribution in [0, 0.1) is 11.3 Å². The molecule has 0 amide bonds. The van der Waals surface area contributed by atoms with Crippen molar-refractivity contribution in [2.24, 2.45) is 7.05 Å². The first kappa shape index (κ1) is 17.8. The molecule has 1 aromatic carbocycles. The Morgan fingerprint density at radius 1 is 1.31 bits per heavy atom. The molecule has 0 aliphatic carbocycles. The summed E-state index contributed by atoms with van der Waals surface area (Å²) in [7, 11) is 1.91. The van der Waals surface area contributed by atoms with Crippen molar-refractivity contribution >= 4 is 68.2 Å². The number of benzene rings is 1. The van der Waals surface area contributed by atoms with Crippen LogP contribution in [0.15, 0.2) is 38.0 Å². The first-order valence-electron chi connectivity index (χ1n) is 7.25. The van der Waals surface area contributed by atoms with Gasteiger partial charge in [-0.2, -0.15) is 9.64 Å². The van der Waals surface area contributed by atoms with Crippen LogP contribution >= 0.6 is 58.0 Å². The lowest BCUT2D eigenvalue weighted by atomic mass is 10.3. The number of para-hydroxylation sites is 1. The number of thioether (sulfide) groups is 1. The highest BCUT2D eigenvalue weighted by Gasteiger charge is 2.17. The second kappa shape index (κ2) is 7.54. The third kappa shape index (κ3) is 3.45. The predicted molar refractivity (Wildman–Crippen MR) is 106 cm³/mol. The molecule has 3 aromatic heterocycles. The summed E-state index contributed by atoms with van der Waals surface area (Å²) in [6, 6.07) is 10.2. The monoisotopic (exact) mass is 436 g/mol. The summed E-state index contributed by atoms with van der Waals surface area (Å²) < 4.78 is 8.83. The summed E-state index contributed by atoms with van der Waals surface area (Å²) in [5.41, 5.74) is 1.40. The molecular weight excluding hydrogens is 428 g/mol. The van der Waals surface area contributed by atoms with Gasteiger partial charge in [-0.25, -0.2) is 4.98 Å². The van der Waals surface area contributed by atoms with Gasteiger partial charge in [0, 0.05) is 7.05 Å². The van der Waals surface area contributed by atoms with Crippen LogP contribution in [0.25, 0.3) is 10.2 Å². The molecule has 0 saturated heterocycles. The van der Waals surface area contributed by atoms with Gasteiger partial charge < -0.3 is 4.57 Å². The van der Waals surface area contributed by atoms with Gasteiger partial charge in [0.25, 0.3) is 0 Å². The first-order valence-corrected chi connectivity index (χ1v) is 11.0. The Morgan fingerprint density at radius 3 is 2.96 bits per heavy atom. The van der Waals surface area contributed by atoms with Crippen LogP contribution in [0.5, 0.6) is 0 Å². The summed E-state index contributed by atoms with van der Waals surface area (Å²) in [5, 5.41) is 18.6. The summed E-state index contributed by atoms with van der Waals surface area (Å²) in [5.74, 6) is 1.50. The minimum Gasteiger partial charge on any atom is -0.308 e. The maximum Gasteiger partial charge on any atom is 0.196 e. The third-order valence-electron chi connectivity index (χ3n) is 3.44. The lowest BCUT2D eigenvalue weighted by Gasteiger charge is -2.01. The van der Waals surface area contributed by atoms with E-state index in [1.54, 1.807) is 23.1 Å². The van der Waals surface area contributed by atoms with Gasteiger partial charge in [-0.1, -0.05) is 35.5 Å². The fourth-order valence-corrected chi connectivity index (χ4v) is 6.20. The van der Waals surface area contributed by atoms with E-state index in [1.165, 1.54) is 28.0 Å².